The summed E-state index contributed by atoms with van der Waals surface area (Å²) >= 11 is 5.89. The van der Waals surface area contributed by atoms with Gasteiger partial charge in [-0.2, -0.15) is 5.10 Å². The fourth-order valence-corrected chi connectivity index (χ4v) is 2.95. The highest BCUT2D eigenvalue weighted by molar-refractivity contribution is 6.30. The fourth-order valence-electron chi connectivity index (χ4n) is 2.82. The molecule has 1 aromatic heterocycles. The molecular formula is C18H21ClN4O2. The molecule has 2 aromatic rings. The molecule has 6 nitrogen and oxygen atoms in total. The zero-order valence-electron chi connectivity index (χ0n) is 14.4. The molecule has 25 heavy (non-hydrogen) atoms. The van der Waals surface area contributed by atoms with E-state index >= 15 is 0 Å². The van der Waals surface area contributed by atoms with Crippen LogP contribution in [0.4, 0.5) is 5.82 Å². The number of carbonyl (C=O) groups excluding carboxylic acids is 1. The van der Waals surface area contributed by atoms with Crippen molar-refractivity contribution in [2.75, 3.05) is 31.1 Å². The maximum atomic E-state index is 12.9. The van der Waals surface area contributed by atoms with Crippen LogP contribution in [-0.4, -0.2) is 52.8 Å². The second-order valence-electron chi connectivity index (χ2n) is 6.43. The number of nitrogens with zero attached hydrogens (tertiary/aromatic N) is 4. The van der Waals surface area contributed by atoms with Gasteiger partial charge < -0.3 is 14.5 Å². The van der Waals surface area contributed by atoms with Gasteiger partial charge in [0.1, 0.15) is 5.75 Å². The predicted octanol–water partition coefficient (Wildman–Crippen LogP) is 2.64. The number of benzene rings is 1. The number of ether oxygens (including phenoxy) is 1. The highest BCUT2D eigenvalue weighted by atomic mass is 35.5. The monoisotopic (exact) mass is 360 g/mol. The predicted molar refractivity (Wildman–Crippen MR) is 97.0 cm³/mol. The number of piperazine rings is 1. The van der Waals surface area contributed by atoms with E-state index in [1.807, 2.05) is 17.0 Å². The van der Waals surface area contributed by atoms with E-state index in [-0.39, 0.29) is 5.91 Å². The number of hydrogen-bond acceptors (Lipinski definition) is 5. The fraction of sp³-hybridized carbons (Fsp3) is 0.389. The lowest BCUT2D eigenvalue weighted by Crippen LogP contribution is -2.56. The second kappa shape index (κ2) is 7.27. The van der Waals surface area contributed by atoms with Gasteiger partial charge in [-0.05, 0) is 50.2 Å². The molecule has 0 saturated carbocycles. The summed E-state index contributed by atoms with van der Waals surface area (Å²) in [5.41, 5.74) is -0.942. The van der Waals surface area contributed by atoms with Crippen LogP contribution in [0.2, 0.25) is 5.02 Å². The molecule has 0 unspecified atom stereocenters. The number of carbonyl (C=O) groups is 1. The van der Waals surface area contributed by atoms with Crippen LogP contribution in [0.1, 0.15) is 13.8 Å². The maximum Gasteiger partial charge on any atom is 0.266 e. The molecule has 1 aromatic carbocycles. The maximum absolute atomic E-state index is 12.9. The summed E-state index contributed by atoms with van der Waals surface area (Å²) in [5.74, 6) is 1.44. The van der Waals surface area contributed by atoms with Crippen LogP contribution in [0.25, 0.3) is 0 Å². The average Bonchev–Trinajstić information content (AvgIpc) is 2.64. The van der Waals surface area contributed by atoms with Gasteiger partial charge in [0.25, 0.3) is 5.91 Å². The number of anilines is 1. The summed E-state index contributed by atoms with van der Waals surface area (Å²) in [5, 5.41) is 8.66. The Hall–Kier alpha value is -2.34. The van der Waals surface area contributed by atoms with Crippen LogP contribution >= 0.6 is 11.6 Å². The van der Waals surface area contributed by atoms with Crippen molar-refractivity contribution < 1.29 is 9.53 Å². The summed E-state index contributed by atoms with van der Waals surface area (Å²) in [4.78, 5) is 16.8. The molecule has 1 aliphatic rings. The van der Waals surface area contributed by atoms with Crippen LogP contribution in [0, 0.1) is 0 Å². The molecule has 0 aliphatic carbocycles. The smallest absolute Gasteiger partial charge is 0.266 e. The van der Waals surface area contributed by atoms with Gasteiger partial charge in [-0.1, -0.05) is 11.6 Å². The van der Waals surface area contributed by atoms with E-state index < -0.39 is 5.60 Å². The first-order chi connectivity index (χ1) is 12.0. The Labute approximate surface area is 152 Å². The number of halogens is 1. The molecule has 1 aliphatic heterocycles. The Kier molecular flexibility index (Phi) is 5.08. The van der Waals surface area contributed by atoms with Gasteiger partial charge in [0.2, 0.25) is 0 Å². The van der Waals surface area contributed by atoms with Crippen molar-refractivity contribution >= 4 is 23.3 Å². The van der Waals surface area contributed by atoms with E-state index in [1.165, 1.54) is 0 Å². The second-order valence-corrected chi connectivity index (χ2v) is 6.86. The highest BCUT2D eigenvalue weighted by Crippen LogP contribution is 2.23. The Morgan fingerprint density at radius 1 is 1.12 bits per heavy atom. The molecule has 0 atom stereocenters. The quantitative estimate of drug-likeness (QED) is 0.838. The van der Waals surface area contributed by atoms with Crippen molar-refractivity contribution in [3.05, 3.63) is 47.6 Å². The van der Waals surface area contributed by atoms with Crippen molar-refractivity contribution in [2.24, 2.45) is 0 Å². The first-order valence-electron chi connectivity index (χ1n) is 8.22. The van der Waals surface area contributed by atoms with Crippen LogP contribution in [0.3, 0.4) is 0 Å². The zero-order valence-corrected chi connectivity index (χ0v) is 15.1. The molecule has 0 radical (unpaired) electrons. The van der Waals surface area contributed by atoms with Gasteiger partial charge in [0.05, 0.1) is 0 Å². The third-order valence-corrected chi connectivity index (χ3v) is 4.40. The van der Waals surface area contributed by atoms with E-state index in [1.54, 1.807) is 44.3 Å². The van der Waals surface area contributed by atoms with Crippen molar-refractivity contribution in [1.82, 2.24) is 15.1 Å². The third kappa shape index (κ3) is 4.20. The lowest BCUT2D eigenvalue weighted by atomic mass is 10.1. The van der Waals surface area contributed by atoms with Gasteiger partial charge in [-0.3, -0.25) is 4.79 Å². The van der Waals surface area contributed by atoms with Gasteiger partial charge >= 0.3 is 0 Å². The SMILES string of the molecule is CC(C)(Oc1ccc(Cl)cc1)C(=O)N1CCN(c2cccnn2)CC1. The summed E-state index contributed by atoms with van der Waals surface area (Å²) in [6.07, 6.45) is 1.65. The molecule has 1 amide bonds. The van der Waals surface area contributed by atoms with Crippen LogP contribution in [0.15, 0.2) is 42.6 Å². The van der Waals surface area contributed by atoms with Crippen molar-refractivity contribution in [2.45, 2.75) is 19.4 Å². The topological polar surface area (TPSA) is 58.6 Å². The number of amides is 1. The summed E-state index contributed by atoms with van der Waals surface area (Å²) in [7, 11) is 0. The first-order valence-corrected chi connectivity index (χ1v) is 8.60. The lowest BCUT2D eigenvalue weighted by molar-refractivity contribution is -0.145. The van der Waals surface area contributed by atoms with E-state index in [9.17, 15) is 4.79 Å². The van der Waals surface area contributed by atoms with E-state index in [0.717, 1.165) is 18.9 Å². The minimum atomic E-state index is -0.942. The van der Waals surface area contributed by atoms with Crippen LogP contribution in [-0.2, 0) is 4.79 Å². The molecule has 3 rings (SSSR count). The Balaban J connectivity index is 1.60. The number of aromatic nitrogens is 2. The van der Waals surface area contributed by atoms with Gasteiger partial charge in [0, 0.05) is 37.4 Å². The normalized spacial score (nSPS) is 15.2. The van der Waals surface area contributed by atoms with Gasteiger partial charge in [-0.25, -0.2) is 0 Å². The molecule has 1 saturated heterocycles. The molecule has 1 fully saturated rings. The first kappa shape index (κ1) is 17.5. The summed E-state index contributed by atoms with van der Waals surface area (Å²) in [6.45, 7) is 6.28. The van der Waals surface area contributed by atoms with Crippen molar-refractivity contribution in [1.29, 1.82) is 0 Å². The molecule has 7 heteroatoms. The Bertz CT molecular complexity index is 714. The average molecular weight is 361 g/mol. The number of hydrogen-bond donors (Lipinski definition) is 0. The highest BCUT2D eigenvalue weighted by Gasteiger charge is 2.35. The largest absolute Gasteiger partial charge is 0.478 e. The molecule has 132 valence electrons. The Morgan fingerprint density at radius 2 is 1.80 bits per heavy atom. The summed E-state index contributed by atoms with van der Waals surface area (Å²) < 4.78 is 5.90. The van der Waals surface area contributed by atoms with Crippen molar-refractivity contribution in [3.63, 3.8) is 0 Å². The van der Waals surface area contributed by atoms with Gasteiger partial charge in [0.15, 0.2) is 11.4 Å². The molecule has 0 bridgehead atoms. The molecule has 2 heterocycles. The Morgan fingerprint density at radius 3 is 2.40 bits per heavy atom. The zero-order chi connectivity index (χ0) is 17.9. The minimum absolute atomic E-state index is 0.0266. The standard InChI is InChI=1S/C18H21ClN4O2/c1-18(2,25-15-7-5-14(19)6-8-15)17(24)23-12-10-22(11-13-23)16-4-3-9-20-21-16/h3-9H,10-13H2,1-2H3. The van der Waals surface area contributed by atoms with Crippen LogP contribution < -0.4 is 9.64 Å². The van der Waals surface area contributed by atoms with Gasteiger partial charge in [-0.15, -0.1) is 5.10 Å². The number of rotatable bonds is 4. The van der Waals surface area contributed by atoms with E-state index in [2.05, 4.69) is 15.1 Å². The minimum Gasteiger partial charge on any atom is -0.478 e. The van der Waals surface area contributed by atoms with E-state index in [0.29, 0.717) is 23.9 Å². The molecular weight excluding hydrogens is 340 g/mol. The summed E-state index contributed by atoms with van der Waals surface area (Å²) in [6, 6.07) is 10.8. The van der Waals surface area contributed by atoms with Crippen molar-refractivity contribution in [3.8, 4) is 5.75 Å². The third-order valence-electron chi connectivity index (χ3n) is 4.15. The molecule has 0 N–H and O–H groups in total. The van der Waals surface area contributed by atoms with E-state index in [4.69, 9.17) is 16.3 Å². The molecule has 0 spiro atoms. The lowest BCUT2D eigenvalue weighted by Gasteiger charge is -2.38. The van der Waals surface area contributed by atoms with Crippen LogP contribution in [0.5, 0.6) is 5.75 Å².